The highest BCUT2D eigenvalue weighted by atomic mass is 32.2. The zero-order chi connectivity index (χ0) is 14.4. The van der Waals surface area contributed by atoms with E-state index in [0.717, 1.165) is 22.7 Å². The SMILES string of the molecule is CCn1c(SCC(=O)NCCOC)nc2ccccc21. The molecular weight excluding hydrogens is 274 g/mol. The number of carbonyl (C=O) groups is 1. The van der Waals surface area contributed by atoms with Gasteiger partial charge in [-0.3, -0.25) is 4.79 Å². The van der Waals surface area contributed by atoms with Gasteiger partial charge in [-0.25, -0.2) is 4.98 Å². The molecule has 2 rings (SSSR count). The number of thioether (sulfide) groups is 1. The van der Waals surface area contributed by atoms with E-state index in [2.05, 4.69) is 27.9 Å². The number of ether oxygens (including phenoxy) is 1. The topological polar surface area (TPSA) is 56.2 Å². The molecule has 0 unspecified atom stereocenters. The van der Waals surface area contributed by atoms with Crippen LogP contribution in [0.5, 0.6) is 0 Å². The Bertz CT molecular complexity index is 583. The molecule has 0 aliphatic rings. The second-order valence-corrected chi connectivity index (χ2v) is 5.20. The molecule has 1 N–H and O–H groups in total. The largest absolute Gasteiger partial charge is 0.383 e. The van der Waals surface area contributed by atoms with Crippen LogP contribution in [0.4, 0.5) is 0 Å². The van der Waals surface area contributed by atoms with Crippen LogP contribution in [-0.2, 0) is 16.1 Å². The van der Waals surface area contributed by atoms with E-state index in [1.165, 1.54) is 11.8 Å². The van der Waals surface area contributed by atoms with Crippen LogP contribution >= 0.6 is 11.8 Å². The lowest BCUT2D eigenvalue weighted by Crippen LogP contribution is -2.28. The number of methoxy groups -OCH3 is 1. The van der Waals surface area contributed by atoms with Crippen LogP contribution in [0.2, 0.25) is 0 Å². The minimum absolute atomic E-state index is 0.00163. The summed E-state index contributed by atoms with van der Waals surface area (Å²) in [5.41, 5.74) is 2.08. The third-order valence-electron chi connectivity index (χ3n) is 2.90. The van der Waals surface area contributed by atoms with Crippen molar-refractivity contribution in [3.63, 3.8) is 0 Å². The van der Waals surface area contributed by atoms with Crippen LogP contribution in [0.1, 0.15) is 6.92 Å². The number of hydrogen-bond donors (Lipinski definition) is 1. The zero-order valence-electron chi connectivity index (χ0n) is 11.8. The van der Waals surface area contributed by atoms with E-state index in [1.54, 1.807) is 7.11 Å². The first-order valence-corrected chi connectivity index (χ1v) is 7.58. The lowest BCUT2D eigenvalue weighted by Gasteiger charge is -2.06. The number of imidazole rings is 1. The van der Waals surface area contributed by atoms with Crippen molar-refractivity contribution in [2.75, 3.05) is 26.0 Å². The Kier molecular flexibility index (Phi) is 5.43. The van der Waals surface area contributed by atoms with E-state index >= 15 is 0 Å². The highest BCUT2D eigenvalue weighted by Crippen LogP contribution is 2.23. The molecule has 0 bridgehead atoms. The maximum atomic E-state index is 11.7. The lowest BCUT2D eigenvalue weighted by atomic mass is 10.3. The Balaban J connectivity index is 2.00. The lowest BCUT2D eigenvalue weighted by molar-refractivity contribution is -0.118. The fourth-order valence-electron chi connectivity index (χ4n) is 1.94. The number of hydrogen-bond acceptors (Lipinski definition) is 4. The molecule has 1 amide bonds. The van der Waals surface area contributed by atoms with Crippen molar-refractivity contribution in [1.29, 1.82) is 0 Å². The first-order valence-electron chi connectivity index (χ1n) is 6.60. The van der Waals surface area contributed by atoms with Gasteiger partial charge in [-0.05, 0) is 19.1 Å². The fourth-order valence-corrected chi connectivity index (χ4v) is 2.85. The molecule has 1 aromatic carbocycles. The predicted octanol–water partition coefficient (Wildman–Crippen LogP) is 1.91. The minimum atomic E-state index is 0.00163. The standard InChI is InChI=1S/C14H19N3O2S/c1-3-17-12-7-5-4-6-11(12)16-14(17)20-10-13(18)15-8-9-19-2/h4-7H,3,8-10H2,1-2H3,(H,15,18). The molecule has 6 heteroatoms. The van der Waals surface area contributed by atoms with E-state index in [-0.39, 0.29) is 5.91 Å². The molecule has 0 radical (unpaired) electrons. The fraction of sp³-hybridized carbons (Fsp3) is 0.429. The van der Waals surface area contributed by atoms with E-state index in [9.17, 15) is 4.79 Å². The van der Waals surface area contributed by atoms with Gasteiger partial charge in [0.15, 0.2) is 5.16 Å². The van der Waals surface area contributed by atoms with E-state index < -0.39 is 0 Å². The van der Waals surface area contributed by atoms with Crippen molar-refractivity contribution < 1.29 is 9.53 Å². The first-order chi connectivity index (χ1) is 9.76. The van der Waals surface area contributed by atoms with Gasteiger partial charge >= 0.3 is 0 Å². The molecular formula is C14H19N3O2S. The first kappa shape index (κ1) is 14.9. The van der Waals surface area contributed by atoms with Crippen molar-refractivity contribution in [2.45, 2.75) is 18.6 Å². The number of aryl methyl sites for hydroxylation is 1. The number of rotatable bonds is 7. The van der Waals surface area contributed by atoms with Crippen molar-refractivity contribution in [1.82, 2.24) is 14.9 Å². The van der Waals surface area contributed by atoms with Crippen LogP contribution < -0.4 is 5.32 Å². The van der Waals surface area contributed by atoms with Gasteiger partial charge in [0.2, 0.25) is 5.91 Å². The third kappa shape index (κ3) is 3.52. The zero-order valence-corrected chi connectivity index (χ0v) is 12.6. The van der Waals surface area contributed by atoms with Gasteiger partial charge < -0.3 is 14.6 Å². The molecule has 1 heterocycles. The predicted molar refractivity (Wildman–Crippen MR) is 81.0 cm³/mol. The molecule has 108 valence electrons. The Morgan fingerprint density at radius 1 is 1.45 bits per heavy atom. The summed E-state index contributed by atoms with van der Waals surface area (Å²) in [5.74, 6) is 0.370. The number of fused-ring (bicyclic) bond motifs is 1. The van der Waals surface area contributed by atoms with Gasteiger partial charge in [0.1, 0.15) is 0 Å². The number of amides is 1. The molecule has 0 saturated heterocycles. The van der Waals surface area contributed by atoms with Gasteiger partial charge in [-0.15, -0.1) is 0 Å². The Hall–Kier alpha value is -1.53. The normalized spacial score (nSPS) is 10.9. The molecule has 1 aromatic heterocycles. The van der Waals surface area contributed by atoms with Gasteiger partial charge in [-0.1, -0.05) is 23.9 Å². The van der Waals surface area contributed by atoms with Crippen LogP contribution in [0.3, 0.4) is 0 Å². The number of para-hydroxylation sites is 2. The molecule has 20 heavy (non-hydrogen) atoms. The Morgan fingerprint density at radius 3 is 3.00 bits per heavy atom. The van der Waals surface area contributed by atoms with Gasteiger partial charge in [0, 0.05) is 20.2 Å². The van der Waals surface area contributed by atoms with Crippen LogP contribution in [0.25, 0.3) is 11.0 Å². The van der Waals surface area contributed by atoms with Gasteiger partial charge in [-0.2, -0.15) is 0 Å². The van der Waals surface area contributed by atoms with Crippen LogP contribution in [-0.4, -0.2) is 41.5 Å². The summed E-state index contributed by atoms with van der Waals surface area (Å²) in [5, 5.41) is 3.69. The van der Waals surface area contributed by atoms with E-state index in [0.29, 0.717) is 18.9 Å². The maximum Gasteiger partial charge on any atom is 0.230 e. The highest BCUT2D eigenvalue weighted by Gasteiger charge is 2.11. The van der Waals surface area contributed by atoms with Crippen LogP contribution in [0, 0.1) is 0 Å². The van der Waals surface area contributed by atoms with Crippen molar-refractivity contribution >= 4 is 28.7 Å². The van der Waals surface area contributed by atoms with E-state index in [1.807, 2.05) is 18.2 Å². The monoisotopic (exact) mass is 293 g/mol. The highest BCUT2D eigenvalue weighted by molar-refractivity contribution is 7.99. The van der Waals surface area contributed by atoms with E-state index in [4.69, 9.17) is 4.74 Å². The molecule has 5 nitrogen and oxygen atoms in total. The van der Waals surface area contributed by atoms with Crippen LogP contribution in [0.15, 0.2) is 29.4 Å². The summed E-state index contributed by atoms with van der Waals surface area (Å²) >= 11 is 1.46. The number of benzene rings is 1. The van der Waals surface area contributed by atoms with Crippen molar-refractivity contribution in [3.05, 3.63) is 24.3 Å². The average Bonchev–Trinajstić information content (AvgIpc) is 2.83. The molecule has 0 aliphatic carbocycles. The molecule has 2 aromatic rings. The third-order valence-corrected chi connectivity index (χ3v) is 3.87. The molecule has 0 spiro atoms. The average molecular weight is 293 g/mol. The summed E-state index contributed by atoms with van der Waals surface area (Å²) in [7, 11) is 1.62. The number of nitrogens with one attached hydrogen (secondary N) is 1. The van der Waals surface area contributed by atoms with Crippen molar-refractivity contribution in [3.8, 4) is 0 Å². The molecule has 0 fully saturated rings. The molecule has 0 saturated carbocycles. The Labute approximate surface area is 122 Å². The summed E-state index contributed by atoms with van der Waals surface area (Å²) in [6.45, 7) is 3.99. The summed E-state index contributed by atoms with van der Waals surface area (Å²) in [4.78, 5) is 16.3. The Morgan fingerprint density at radius 2 is 2.25 bits per heavy atom. The molecule has 0 atom stereocenters. The maximum absolute atomic E-state index is 11.7. The van der Waals surface area contributed by atoms with Gasteiger partial charge in [0.05, 0.1) is 23.4 Å². The minimum Gasteiger partial charge on any atom is -0.383 e. The second-order valence-electron chi connectivity index (χ2n) is 4.26. The number of carbonyl (C=O) groups excluding carboxylic acids is 1. The van der Waals surface area contributed by atoms with Crippen molar-refractivity contribution in [2.24, 2.45) is 0 Å². The number of aromatic nitrogens is 2. The number of nitrogens with zero attached hydrogens (tertiary/aromatic N) is 2. The summed E-state index contributed by atoms with van der Waals surface area (Å²) in [6, 6.07) is 8.02. The smallest absolute Gasteiger partial charge is 0.230 e. The quantitative estimate of drug-likeness (QED) is 0.626. The van der Waals surface area contributed by atoms with Gasteiger partial charge in [0.25, 0.3) is 0 Å². The summed E-state index contributed by atoms with van der Waals surface area (Å²) in [6.07, 6.45) is 0. The second kappa shape index (κ2) is 7.31. The molecule has 0 aliphatic heterocycles. The summed E-state index contributed by atoms with van der Waals surface area (Å²) < 4.78 is 7.02.